The second kappa shape index (κ2) is 5.32. The molecule has 1 aliphatic rings. The molecule has 1 heterocycles. The number of hydrogen-bond donors (Lipinski definition) is 1. The van der Waals surface area contributed by atoms with Gasteiger partial charge in [-0.3, -0.25) is 0 Å². The SMILES string of the molecule is CNC(c1cc(Br)sc1Br)C1CCCC1(C)C. The molecule has 0 aliphatic heterocycles. The number of hydrogen-bond acceptors (Lipinski definition) is 2. The van der Waals surface area contributed by atoms with E-state index in [0.717, 1.165) is 5.92 Å². The highest BCUT2D eigenvalue weighted by atomic mass is 79.9. The topological polar surface area (TPSA) is 12.0 Å². The van der Waals surface area contributed by atoms with Crippen LogP contribution in [0, 0.1) is 11.3 Å². The van der Waals surface area contributed by atoms with E-state index in [0.29, 0.717) is 11.5 Å². The molecule has 0 bridgehead atoms. The molecule has 1 aromatic heterocycles. The van der Waals surface area contributed by atoms with E-state index in [1.807, 2.05) is 0 Å². The number of nitrogens with one attached hydrogen (secondary N) is 1. The van der Waals surface area contributed by atoms with Gasteiger partial charge in [0.25, 0.3) is 0 Å². The van der Waals surface area contributed by atoms with E-state index in [1.54, 1.807) is 11.3 Å². The lowest BCUT2D eigenvalue weighted by Gasteiger charge is -2.34. The molecule has 0 saturated heterocycles. The first kappa shape index (κ1) is 14.0. The molecular weight excluding hydrogens is 362 g/mol. The second-order valence-electron chi connectivity index (χ2n) is 5.53. The van der Waals surface area contributed by atoms with Gasteiger partial charge in [-0.15, -0.1) is 11.3 Å². The molecular formula is C13H19Br2NS. The van der Waals surface area contributed by atoms with Crippen molar-refractivity contribution in [2.45, 2.75) is 39.2 Å². The van der Waals surface area contributed by atoms with Crippen LogP contribution in [-0.2, 0) is 0 Å². The summed E-state index contributed by atoms with van der Waals surface area (Å²) in [6.07, 6.45) is 4.04. The highest BCUT2D eigenvalue weighted by Crippen LogP contribution is 2.50. The van der Waals surface area contributed by atoms with Crippen LogP contribution in [0.25, 0.3) is 0 Å². The van der Waals surface area contributed by atoms with Crippen LogP contribution in [0.2, 0.25) is 0 Å². The Labute approximate surface area is 125 Å². The minimum absolute atomic E-state index is 0.446. The summed E-state index contributed by atoms with van der Waals surface area (Å²) >= 11 is 9.04. The fraction of sp³-hybridized carbons (Fsp3) is 0.692. The zero-order valence-corrected chi connectivity index (χ0v) is 14.5. The van der Waals surface area contributed by atoms with Gasteiger partial charge in [0.05, 0.1) is 7.57 Å². The van der Waals surface area contributed by atoms with E-state index in [-0.39, 0.29) is 0 Å². The van der Waals surface area contributed by atoms with E-state index in [2.05, 4.69) is 64.1 Å². The highest BCUT2D eigenvalue weighted by Gasteiger charge is 2.40. The molecule has 2 atom stereocenters. The Kier molecular flexibility index (Phi) is 4.39. The molecule has 1 aromatic rings. The van der Waals surface area contributed by atoms with E-state index in [4.69, 9.17) is 0 Å². The van der Waals surface area contributed by atoms with Crippen LogP contribution < -0.4 is 5.32 Å². The van der Waals surface area contributed by atoms with Gasteiger partial charge in [0.1, 0.15) is 0 Å². The average molecular weight is 381 g/mol. The summed E-state index contributed by atoms with van der Waals surface area (Å²) in [5.74, 6) is 0.727. The molecule has 0 amide bonds. The lowest BCUT2D eigenvalue weighted by Crippen LogP contribution is -2.31. The number of thiophene rings is 1. The molecule has 2 unspecified atom stereocenters. The molecule has 1 fully saturated rings. The first-order chi connectivity index (χ1) is 7.95. The lowest BCUT2D eigenvalue weighted by molar-refractivity contribution is 0.203. The van der Waals surface area contributed by atoms with Gasteiger partial charge >= 0.3 is 0 Å². The Balaban J connectivity index is 2.31. The zero-order chi connectivity index (χ0) is 12.6. The van der Waals surface area contributed by atoms with Gasteiger partial charge in [-0.25, -0.2) is 0 Å². The standard InChI is InChI=1S/C13H19Br2NS/c1-13(2)6-4-5-9(13)11(16-3)8-7-10(14)17-12(8)15/h7,9,11,16H,4-6H2,1-3H3. The van der Waals surface area contributed by atoms with Gasteiger partial charge in [0.2, 0.25) is 0 Å². The van der Waals surface area contributed by atoms with Gasteiger partial charge in [0, 0.05) is 6.04 Å². The van der Waals surface area contributed by atoms with E-state index >= 15 is 0 Å². The first-order valence-electron chi connectivity index (χ1n) is 6.07. The Bertz CT molecular complexity index is 400. The maximum Gasteiger partial charge on any atom is 0.0758 e. The van der Waals surface area contributed by atoms with E-state index in [1.165, 1.54) is 32.4 Å². The molecule has 1 saturated carbocycles. The fourth-order valence-corrected chi connectivity index (χ4v) is 6.04. The minimum Gasteiger partial charge on any atom is -0.313 e. The van der Waals surface area contributed by atoms with Gasteiger partial charge in [-0.05, 0) is 74.7 Å². The van der Waals surface area contributed by atoms with Crippen molar-refractivity contribution < 1.29 is 0 Å². The van der Waals surface area contributed by atoms with Crippen LogP contribution in [0.5, 0.6) is 0 Å². The molecule has 17 heavy (non-hydrogen) atoms. The smallest absolute Gasteiger partial charge is 0.0758 e. The fourth-order valence-electron chi connectivity index (χ4n) is 3.11. The lowest BCUT2D eigenvalue weighted by atomic mass is 9.76. The van der Waals surface area contributed by atoms with Crippen LogP contribution in [0.3, 0.4) is 0 Å². The van der Waals surface area contributed by atoms with Crippen molar-refractivity contribution in [2.75, 3.05) is 7.05 Å². The average Bonchev–Trinajstić information content (AvgIpc) is 2.73. The van der Waals surface area contributed by atoms with Crippen molar-refractivity contribution in [3.8, 4) is 0 Å². The Hall–Kier alpha value is 0.620. The molecule has 96 valence electrons. The third kappa shape index (κ3) is 2.80. The van der Waals surface area contributed by atoms with Crippen molar-refractivity contribution in [3.63, 3.8) is 0 Å². The van der Waals surface area contributed by atoms with Crippen molar-refractivity contribution in [2.24, 2.45) is 11.3 Å². The maximum absolute atomic E-state index is 3.69. The van der Waals surface area contributed by atoms with Crippen LogP contribution in [0.1, 0.15) is 44.7 Å². The molecule has 1 N–H and O–H groups in total. The van der Waals surface area contributed by atoms with Crippen molar-refractivity contribution in [1.29, 1.82) is 0 Å². The largest absolute Gasteiger partial charge is 0.313 e. The molecule has 0 aromatic carbocycles. The van der Waals surface area contributed by atoms with Crippen molar-refractivity contribution >= 4 is 43.2 Å². The second-order valence-corrected chi connectivity index (χ2v) is 9.28. The van der Waals surface area contributed by atoms with Crippen LogP contribution in [-0.4, -0.2) is 7.05 Å². The molecule has 2 rings (SSSR count). The summed E-state index contributed by atoms with van der Waals surface area (Å²) in [5.41, 5.74) is 1.85. The Morgan fingerprint density at radius 1 is 1.47 bits per heavy atom. The molecule has 1 nitrogen and oxygen atoms in total. The van der Waals surface area contributed by atoms with E-state index in [9.17, 15) is 0 Å². The monoisotopic (exact) mass is 379 g/mol. The summed E-state index contributed by atoms with van der Waals surface area (Å²) in [5, 5.41) is 3.53. The summed E-state index contributed by atoms with van der Waals surface area (Å²) in [6.45, 7) is 4.81. The summed E-state index contributed by atoms with van der Waals surface area (Å²) in [4.78, 5) is 0. The van der Waals surface area contributed by atoms with Crippen molar-refractivity contribution in [1.82, 2.24) is 5.32 Å². The van der Waals surface area contributed by atoms with Gasteiger partial charge < -0.3 is 5.32 Å². The Morgan fingerprint density at radius 2 is 2.18 bits per heavy atom. The van der Waals surface area contributed by atoms with Gasteiger partial charge in [-0.2, -0.15) is 0 Å². The number of halogens is 2. The van der Waals surface area contributed by atoms with Crippen LogP contribution in [0.15, 0.2) is 13.6 Å². The maximum atomic E-state index is 3.69. The predicted molar refractivity (Wildman–Crippen MR) is 82.6 cm³/mol. The quantitative estimate of drug-likeness (QED) is 0.744. The van der Waals surface area contributed by atoms with Gasteiger partial charge in [-0.1, -0.05) is 20.3 Å². The molecule has 0 spiro atoms. The van der Waals surface area contributed by atoms with Gasteiger partial charge in [0.15, 0.2) is 0 Å². The summed E-state index contributed by atoms with van der Waals surface area (Å²) in [7, 11) is 2.08. The summed E-state index contributed by atoms with van der Waals surface area (Å²) in [6, 6.07) is 2.72. The Morgan fingerprint density at radius 3 is 2.59 bits per heavy atom. The summed E-state index contributed by atoms with van der Waals surface area (Å²) < 4.78 is 2.46. The minimum atomic E-state index is 0.446. The molecule has 1 aliphatic carbocycles. The number of rotatable bonds is 3. The van der Waals surface area contributed by atoms with Crippen LogP contribution >= 0.6 is 43.2 Å². The predicted octanol–water partition coefficient (Wildman–Crippen LogP) is 5.36. The normalized spacial score (nSPS) is 25.1. The highest BCUT2D eigenvalue weighted by molar-refractivity contribution is 9.12. The molecule has 4 heteroatoms. The van der Waals surface area contributed by atoms with Crippen LogP contribution in [0.4, 0.5) is 0 Å². The molecule has 0 radical (unpaired) electrons. The third-order valence-electron chi connectivity index (χ3n) is 4.07. The van der Waals surface area contributed by atoms with Crippen molar-refractivity contribution in [3.05, 3.63) is 19.2 Å². The first-order valence-corrected chi connectivity index (χ1v) is 8.48. The third-order valence-corrected chi connectivity index (χ3v) is 6.46. The van der Waals surface area contributed by atoms with E-state index < -0.39 is 0 Å². The zero-order valence-electron chi connectivity index (χ0n) is 10.5.